The molecule has 0 saturated carbocycles. The summed E-state index contributed by atoms with van der Waals surface area (Å²) < 4.78 is 41.6. The molecule has 0 radical (unpaired) electrons. The SMILES string of the molecule is CCN1CCN(Cc2ccc(NC(=O)c3cncc(C#Cc4ccc(N)nn4)c3)cc2C(F)(F)F)CC1. The smallest absolute Gasteiger partial charge is 0.382 e. The Morgan fingerprint density at radius 2 is 1.78 bits per heavy atom. The van der Waals surface area contributed by atoms with Crippen LogP contribution in [0.5, 0.6) is 0 Å². The first-order chi connectivity index (χ1) is 17.7. The molecule has 0 spiro atoms. The van der Waals surface area contributed by atoms with E-state index in [9.17, 15) is 18.0 Å². The number of halogens is 3. The molecule has 192 valence electrons. The average molecular weight is 510 g/mol. The van der Waals surface area contributed by atoms with Crippen LogP contribution in [0.15, 0.2) is 48.8 Å². The lowest BCUT2D eigenvalue weighted by Gasteiger charge is -2.34. The fraction of sp³-hybridized carbons (Fsp3) is 0.308. The molecule has 0 unspecified atom stereocenters. The van der Waals surface area contributed by atoms with Gasteiger partial charge in [0.05, 0.1) is 11.1 Å². The first-order valence-corrected chi connectivity index (χ1v) is 11.7. The van der Waals surface area contributed by atoms with Crippen molar-refractivity contribution in [3.8, 4) is 11.8 Å². The molecule has 1 aromatic carbocycles. The van der Waals surface area contributed by atoms with E-state index in [4.69, 9.17) is 5.73 Å². The van der Waals surface area contributed by atoms with Gasteiger partial charge in [0.1, 0.15) is 11.5 Å². The summed E-state index contributed by atoms with van der Waals surface area (Å²) in [4.78, 5) is 21.1. The number of pyridine rings is 1. The van der Waals surface area contributed by atoms with Gasteiger partial charge in [-0.15, -0.1) is 10.2 Å². The standard InChI is InChI=1S/C26H26F3N7O/c1-2-35-9-11-36(12-10-35)17-19-4-6-22(14-23(19)26(27,28)29)32-25(37)20-13-18(15-31-16-20)3-5-21-7-8-24(30)34-33-21/h4,6-8,13-16H,2,9-12,17H2,1H3,(H2,30,34)(H,32,37). The maximum atomic E-state index is 13.9. The molecule has 11 heteroatoms. The number of benzene rings is 1. The van der Waals surface area contributed by atoms with Crippen molar-refractivity contribution < 1.29 is 18.0 Å². The number of likely N-dealkylation sites (N-methyl/N-ethyl adjacent to an activating group) is 1. The van der Waals surface area contributed by atoms with Crippen LogP contribution in [0, 0.1) is 11.8 Å². The Bertz CT molecular complexity index is 1310. The summed E-state index contributed by atoms with van der Waals surface area (Å²) >= 11 is 0. The Balaban J connectivity index is 1.48. The second-order valence-electron chi connectivity index (χ2n) is 8.59. The Kier molecular flexibility index (Phi) is 8.01. The molecule has 1 aliphatic rings. The van der Waals surface area contributed by atoms with Crippen LogP contribution in [0.3, 0.4) is 0 Å². The van der Waals surface area contributed by atoms with Gasteiger partial charge >= 0.3 is 6.18 Å². The highest BCUT2D eigenvalue weighted by atomic mass is 19.4. The first-order valence-electron chi connectivity index (χ1n) is 11.7. The van der Waals surface area contributed by atoms with Crippen LogP contribution < -0.4 is 11.1 Å². The second kappa shape index (κ2) is 11.4. The summed E-state index contributed by atoms with van der Waals surface area (Å²) in [6, 6.07) is 8.56. The summed E-state index contributed by atoms with van der Waals surface area (Å²) in [7, 11) is 0. The number of carbonyl (C=O) groups excluding carboxylic acids is 1. The first kappa shape index (κ1) is 26.1. The zero-order valence-electron chi connectivity index (χ0n) is 20.2. The molecule has 3 heterocycles. The molecule has 3 N–H and O–H groups in total. The molecule has 8 nitrogen and oxygen atoms in total. The molecule has 2 aromatic heterocycles. The second-order valence-corrected chi connectivity index (χ2v) is 8.59. The van der Waals surface area contributed by atoms with Gasteiger partial charge < -0.3 is 16.0 Å². The van der Waals surface area contributed by atoms with E-state index in [0.717, 1.165) is 25.7 Å². The van der Waals surface area contributed by atoms with Crippen LogP contribution >= 0.6 is 0 Å². The Morgan fingerprint density at radius 3 is 2.46 bits per heavy atom. The maximum absolute atomic E-state index is 13.9. The van der Waals surface area contributed by atoms with Gasteiger partial charge in [-0.3, -0.25) is 14.7 Å². The fourth-order valence-electron chi connectivity index (χ4n) is 3.94. The van der Waals surface area contributed by atoms with Crippen molar-refractivity contribution in [2.24, 2.45) is 0 Å². The number of alkyl halides is 3. The van der Waals surface area contributed by atoms with Crippen molar-refractivity contribution >= 4 is 17.4 Å². The summed E-state index contributed by atoms with van der Waals surface area (Å²) in [5.41, 5.74) is 5.94. The number of nitrogens with two attached hydrogens (primary N) is 1. The molecule has 4 rings (SSSR count). The Hall–Kier alpha value is -4.01. The Labute approximate surface area is 212 Å². The third kappa shape index (κ3) is 7.03. The predicted molar refractivity (Wildman–Crippen MR) is 133 cm³/mol. The van der Waals surface area contributed by atoms with Gasteiger partial charge in [-0.05, 0) is 48.4 Å². The van der Waals surface area contributed by atoms with Crippen LogP contribution in [0.1, 0.15) is 39.7 Å². The van der Waals surface area contributed by atoms with E-state index >= 15 is 0 Å². The van der Waals surface area contributed by atoms with E-state index in [1.165, 1.54) is 30.6 Å². The molecule has 1 saturated heterocycles. The normalized spacial score (nSPS) is 14.6. The largest absolute Gasteiger partial charge is 0.416 e. The number of nitrogens with zero attached hydrogens (tertiary/aromatic N) is 5. The molecular formula is C26H26F3N7O. The van der Waals surface area contributed by atoms with Gasteiger partial charge in [0, 0.05) is 56.4 Å². The maximum Gasteiger partial charge on any atom is 0.416 e. The Morgan fingerprint density at radius 1 is 1.03 bits per heavy atom. The van der Waals surface area contributed by atoms with Gasteiger partial charge in [0.15, 0.2) is 0 Å². The molecule has 0 aliphatic carbocycles. The van der Waals surface area contributed by atoms with E-state index in [-0.39, 0.29) is 29.2 Å². The third-order valence-electron chi connectivity index (χ3n) is 6.00. The summed E-state index contributed by atoms with van der Waals surface area (Å²) in [5, 5.41) is 10.1. The van der Waals surface area contributed by atoms with E-state index in [0.29, 0.717) is 24.3 Å². The fourth-order valence-corrected chi connectivity index (χ4v) is 3.94. The molecule has 3 aromatic rings. The highest BCUT2D eigenvalue weighted by Gasteiger charge is 2.34. The minimum absolute atomic E-state index is 0.0468. The van der Waals surface area contributed by atoms with Crippen molar-refractivity contribution in [1.82, 2.24) is 25.0 Å². The number of aromatic nitrogens is 3. The molecule has 1 aliphatic heterocycles. The van der Waals surface area contributed by atoms with Crippen LogP contribution in [0.4, 0.5) is 24.7 Å². The average Bonchev–Trinajstić information content (AvgIpc) is 2.89. The number of amides is 1. The van der Waals surface area contributed by atoms with E-state index in [1.54, 1.807) is 12.1 Å². The van der Waals surface area contributed by atoms with Crippen LogP contribution in [-0.4, -0.2) is 63.6 Å². The quantitative estimate of drug-likeness (QED) is 0.510. The molecule has 0 bridgehead atoms. The summed E-state index contributed by atoms with van der Waals surface area (Å²) in [6.45, 7) is 6.28. The van der Waals surface area contributed by atoms with Crippen LogP contribution in [0.2, 0.25) is 0 Å². The number of nitrogens with one attached hydrogen (secondary N) is 1. The number of carbonyl (C=O) groups is 1. The number of hydrogen-bond acceptors (Lipinski definition) is 7. The number of hydrogen-bond donors (Lipinski definition) is 2. The summed E-state index contributed by atoms with van der Waals surface area (Å²) in [5.74, 6) is 5.29. The molecular weight excluding hydrogens is 483 g/mol. The van der Waals surface area contributed by atoms with Crippen molar-refractivity contribution in [3.05, 3.63) is 76.7 Å². The van der Waals surface area contributed by atoms with Gasteiger partial charge in [-0.2, -0.15) is 13.2 Å². The number of rotatable bonds is 5. The van der Waals surface area contributed by atoms with E-state index in [1.807, 2.05) is 4.90 Å². The van der Waals surface area contributed by atoms with Crippen molar-refractivity contribution in [1.29, 1.82) is 0 Å². The van der Waals surface area contributed by atoms with Gasteiger partial charge in [-0.1, -0.05) is 18.9 Å². The predicted octanol–water partition coefficient (Wildman–Crippen LogP) is 3.26. The number of nitrogen functional groups attached to an aromatic ring is 1. The van der Waals surface area contributed by atoms with Crippen molar-refractivity contribution in [3.63, 3.8) is 0 Å². The van der Waals surface area contributed by atoms with Crippen molar-refractivity contribution in [2.75, 3.05) is 43.8 Å². The van der Waals surface area contributed by atoms with Gasteiger partial charge in [0.25, 0.3) is 5.91 Å². The monoisotopic (exact) mass is 509 g/mol. The molecule has 37 heavy (non-hydrogen) atoms. The van der Waals surface area contributed by atoms with Gasteiger partial charge in [-0.25, -0.2) is 0 Å². The lowest BCUT2D eigenvalue weighted by molar-refractivity contribution is -0.138. The van der Waals surface area contributed by atoms with Crippen LogP contribution in [-0.2, 0) is 12.7 Å². The lowest BCUT2D eigenvalue weighted by atomic mass is 10.0. The van der Waals surface area contributed by atoms with E-state index in [2.05, 4.69) is 44.2 Å². The third-order valence-corrected chi connectivity index (χ3v) is 6.00. The molecule has 0 atom stereocenters. The van der Waals surface area contributed by atoms with Crippen LogP contribution in [0.25, 0.3) is 0 Å². The minimum Gasteiger partial charge on any atom is -0.382 e. The highest BCUT2D eigenvalue weighted by molar-refractivity contribution is 6.04. The topological polar surface area (TPSA) is 100 Å². The molecule has 1 amide bonds. The minimum atomic E-state index is -4.55. The zero-order valence-corrected chi connectivity index (χ0v) is 20.2. The lowest BCUT2D eigenvalue weighted by Crippen LogP contribution is -2.45. The zero-order chi connectivity index (χ0) is 26.4. The highest BCUT2D eigenvalue weighted by Crippen LogP contribution is 2.34. The van der Waals surface area contributed by atoms with Gasteiger partial charge in [0.2, 0.25) is 0 Å². The molecule has 1 fully saturated rings. The van der Waals surface area contributed by atoms with E-state index < -0.39 is 17.6 Å². The number of anilines is 2. The number of piperazine rings is 1. The van der Waals surface area contributed by atoms with Crippen molar-refractivity contribution in [2.45, 2.75) is 19.6 Å². The summed E-state index contributed by atoms with van der Waals surface area (Å²) in [6.07, 6.45) is -1.77.